The Hall–Kier alpha value is -0.240. The van der Waals surface area contributed by atoms with Gasteiger partial charge in [-0.15, -0.1) is 0 Å². The number of rotatable bonds is 2. The molecule has 0 aliphatic heterocycles. The van der Waals surface area contributed by atoms with Crippen molar-refractivity contribution in [3.63, 3.8) is 0 Å². The minimum Gasteiger partial charge on any atom is -0.393 e. The van der Waals surface area contributed by atoms with Crippen molar-refractivity contribution in [2.24, 2.45) is 17.3 Å². The Bertz CT molecular complexity index is 465. The summed E-state index contributed by atoms with van der Waals surface area (Å²) in [5.74, 6) is 0.966. The van der Waals surface area contributed by atoms with Crippen LogP contribution in [0.1, 0.15) is 45.6 Å². The van der Waals surface area contributed by atoms with Gasteiger partial charge in [0.15, 0.2) is 0 Å². The van der Waals surface area contributed by atoms with Crippen molar-refractivity contribution in [2.75, 3.05) is 0 Å². The van der Waals surface area contributed by atoms with Gasteiger partial charge in [-0.25, -0.2) is 0 Å². The van der Waals surface area contributed by atoms with Crippen LogP contribution >= 0.6 is 23.2 Å². The van der Waals surface area contributed by atoms with Crippen molar-refractivity contribution in [3.05, 3.63) is 33.8 Å². The van der Waals surface area contributed by atoms with Gasteiger partial charge in [0.05, 0.1) is 6.10 Å². The van der Waals surface area contributed by atoms with Gasteiger partial charge in [0.25, 0.3) is 0 Å². The summed E-state index contributed by atoms with van der Waals surface area (Å²) in [7, 11) is 0. The van der Waals surface area contributed by atoms with Crippen LogP contribution in [-0.2, 0) is 6.42 Å². The maximum atomic E-state index is 10.3. The second kappa shape index (κ2) is 6.25. The summed E-state index contributed by atoms with van der Waals surface area (Å²) >= 11 is 12.2. The van der Waals surface area contributed by atoms with Crippen LogP contribution in [0, 0.1) is 17.3 Å². The maximum Gasteiger partial charge on any atom is 0.0571 e. The molecule has 3 unspecified atom stereocenters. The van der Waals surface area contributed by atoms with E-state index >= 15 is 0 Å². The number of hydrogen-bond acceptors (Lipinski definition) is 1. The molecule has 0 heterocycles. The van der Waals surface area contributed by atoms with E-state index in [2.05, 4.69) is 20.8 Å². The number of aliphatic hydroxyl groups is 1. The lowest BCUT2D eigenvalue weighted by Gasteiger charge is -2.40. The van der Waals surface area contributed by atoms with Gasteiger partial charge >= 0.3 is 0 Å². The van der Waals surface area contributed by atoms with Crippen molar-refractivity contribution in [1.29, 1.82) is 0 Å². The fourth-order valence-corrected chi connectivity index (χ4v) is 3.71. The van der Waals surface area contributed by atoms with Gasteiger partial charge in [0.1, 0.15) is 0 Å². The van der Waals surface area contributed by atoms with E-state index < -0.39 is 0 Å². The first-order valence-corrected chi connectivity index (χ1v) is 8.15. The highest BCUT2D eigenvalue weighted by Gasteiger charge is 2.35. The van der Waals surface area contributed by atoms with Gasteiger partial charge in [-0.05, 0) is 60.6 Å². The highest BCUT2D eigenvalue weighted by atomic mass is 35.5. The Balaban J connectivity index is 2.10. The quantitative estimate of drug-likeness (QED) is 0.779. The van der Waals surface area contributed by atoms with E-state index in [9.17, 15) is 5.11 Å². The van der Waals surface area contributed by atoms with E-state index in [1.54, 1.807) is 6.07 Å². The lowest BCUT2D eigenvalue weighted by molar-refractivity contribution is 0.0196. The third kappa shape index (κ3) is 3.90. The fraction of sp³-hybridized carbons (Fsp3) is 0.647. The molecule has 2 rings (SSSR count). The van der Waals surface area contributed by atoms with E-state index in [1.165, 1.54) is 0 Å². The maximum absolute atomic E-state index is 10.3. The minimum atomic E-state index is -0.208. The normalized spacial score (nSPS) is 27.6. The van der Waals surface area contributed by atoms with Crippen molar-refractivity contribution in [2.45, 2.75) is 52.6 Å². The van der Waals surface area contributed by atoms with E-state index in [-0.39, 0.29) is 6.10 Å². The van der Waals surface area contributed by atoms with Crippen LogP contribution in [0.4, 0.5) is 0 Å². The third-order valence-electron chi connectivity index (χ3n) is 4.66. The lowest BCUT2D eigenvalue weighted by Crippen LogP contribution is -2.35. The Morgan fingerprint density at radius 1 is 1.20 bits per heavy atom. The number of benzene rings is 1. The second-order valence-electron chi connectivity index (χ2n) is 7.14. The molecule has 1 nitrogen and oxygen atoms in total. The zero-order valence-electron chi connectivity index (χ0n) is 12.5. The van der Waals surface area contributed by atoms with Crippen LogP contribution in [0.25, 0.3) is 0 Å². The summed E-state index contributed by atoms with van der Waals surface area (Å²) in [5, 5.41) is 11.7. The largest absolute Gasteiger partial charge is 0.393 e. The molecule has 1 aromatic rings. The molecule has 1 aliphatic rings. The molecule has 1 aliphatic carbocycles. The van der Waals surface area contributed by atoms with Crippen LogP contribution in [0.2, 0.25) is 10.0 Å². The summed E-state index contributed by atoms with van der Waals surface area (Å²) < 4.78 is 0. The molecule has 0 amide bonds. The molecule has 20 heavy (non-hydrogen) atoms. The molecule has 0 bridgehead atoms. The lowest BCUT2D eigenvalue weighted by atomic mass is 9.67. The van der Waals surface area contributed by atoms with Crippen LogP contribution < -0.4 is 0 Å². The molecule has 0 radical (unpaired) electrons. The molecule has 3 atom stereocenters. The van der Waals surface area contributed by atoms with E-state index in [4.69, 9.17) is 23.2 Å². The molecule has 0 saturated heterocycles. The Labute approximate surface area is 132 Å². The summed E-state index contributed by atoms with van der Waals surface area (Å²) in [6, 6.07) is 5.65. The molecule has 1 N–H and O–H groups in total. The number of aliphatic hydroxyl groups excluding tert-OH is 1. The summed E-state index contributed by atoms with van der Waals surface area (Å²) in [5.41, 5.74) is 1.40. The van der Waals surface area contributed by atoms with Crippen LogP contribution in [0.3, 0.4) is 0 Å². The topological polar surface area (TPSA) is 20.2 Å². The molecule has 3 heteroatoms. The Morgan fingerprint density at radius 2 is 1.90 bits per heavy atom. The van der Waals surface area contributed by atoms with E-state index in [1.807, 2.05) is 12.1 Å². The molecule has 112 valence electrons. The van der Waals surface area contributed by atoms with Gasteiger partial charge in [-0.3, -0.25) is 0 Å². The number of hydrogen-bond donors (Lipinski definition) is 1. The summed E-state index contributed by atoms with van der Waals surface area (Å²) in [4.78, 5) is 0. The molecular formula is C17H24Cl2O. The molecule has 1 aromatic carbocycles. The second-order valence-corrected chi connectivity index (χ2v) is 7.99. The third-order valence-corrected chi connectivity index (χ3v) is 5.25. The first-order chi connectivity index (χ1) is 9.27. The average Bonchev–Trinajstić information content (AvgIpc) is 2.33. The molecule has 1 fully saturated rings. The highest BCUT2D eigenvalue weighted by Crippen LogP contribution is 2.41. The van der Waals surface area contributed by atoms with Gasteiger partial charge in [0.2, 0.25) is 0 Å². The zero-order chi connectivity index (χ0) is 14.9. The Morgan fingerprint density at radius 3 is 2.50 bits per heavy atom. The SMILES string of the molecule is CC(C)(C)C1CCC(O)C(Cc2ccc(Cl)cc2Cl)C1. The van der Waals surface area contributed by atoms with E-state index in [0.717, 1.165) is 31.2 Å². The molecule has 0 aromatic heterocycles. The van der Waals surface area contributed by atoms with Crippen molar-refractivity contribution in [1.82, 2.24) is 0 Å². The predicted octanol–water partition coefficient (Wildman–Crippen LogP) is 5.36. The smallest absolute Gasteiger partial charge is 0.0571 e. The minimum absolute atomic E-state index is 0.208. The molecular weight excluding hydrogens is 291 g/mol. The van der Waals surface area contributed by atoms with E-state index in [0.29, 0.717) is 27.3 Å². The first-order valence-electron chi connectivity index (χ1n) is 7.39. The van der Waals surface area contributed by atoms with Crippen molar-refractivity contribution in [3.8, 4) is 0 Å². The van der Waals surface area contributed by atoms with Gasteiger partial charge in [0, 0.05) is 10.0 Å². The average molecular weight is 315 g/mol. The summed E-state index contributed by atoms with van der Waals surface area (Å²) in [6.07, 6.45) is 3.72. The van der Waals surface area contributed by atoms with Gasteiger partial charge in [-0.1, -0.05) is 50.0 Å². The Kier molecular flexibility index (Phi) is 5.05. The van der Waals surface area contributed by atoms with Crippen LogP contribution in [-0.4, -0.2) is 11.2 Å². The van der Waals surface area contributed by atoms with Gasteiger partial charge in [-0.2, -0.15) is 0 Å². The van der Waals surface area contributed by atoms with Crippen LogP contribution in [0.5, 0.6) is 0 Å². The molecule has 1 saturated carbocycles. The predicted molar refractivity (Wildman–Crippen MR) is 86.5 cm³/mol. The van der Waals surface area contributed by atoms with Gasteiger partial charge < -0.3 is 5.11 Å². The van der Waals surface area contributed by atoms with Crippen LogP contribution in [0.15, 0.2) is 18.2 Å². The number of halogens is 2. The summed E-state index contributed by atoms with van der Waals surface area (Å²) in [6.45, 7) is 6.88. The van der Waals surface area contributed by atoms with Crippen molar-refractivity contribution >= 4 is 23.2 Å². The monoisotopic (exact) mass is 314 g/mol. The van der Waals surface area contributed by atoms with Crippen molar-refractivity contribution < 1.29 is 5.11 Å². The highest BCUT2D eigenvalue weighted by molar-refractivity contribution is 6.35. The fourth-order valence-electron chi connectivity index (χ4n) is 3.22. The zero-order valence-corrected chi connectivity index (χ0v) is 14.0. The first kappa shape index (κ1) is 16.1. The molecule has 0 spiro atoms. The standard InChI is InChI=1S/C17H24Cl2O/c1-17(2,3)13-5-7-16(20)12(9-13)8-11-4-6-14(18)10-15(11)19/h4,6,10,12-13,16,20H,5,7-9H2,1-3H3.